The highest BCUT2D eigenvalue weighted by Crippen LogP contribution is 2.21. The van der Waals surface area contributed by atoms with Crippen molar-refractivity contribution in [2.75, 3.05) is 24.6 Å². The van der Waals surface area contributed by atoms with Gasteiger partial charge in [-0.15, -0.1) is 0 Å². The molecule has 0 aliphatic carbocycles. The van der Waals surface area contributed by atoms with Gasteiger partial charge in [0.2, 0.25) is 0 Å². The summed E-state index contributed by atoms with van der Waals surface area (Å²) in [5, 5.41) is 9.50. The second kappa shape index (κ2) is 8.37. The average Bonchev–Trinajstić information content (AvgIpc) is 2.26. The van der Waals surface area contributed by atoms with Crippen LogP contribution in [0.4, 0.5) is 0 Å². The van der Waals surface area contributed by atoms with Crippen molar-refractivity contribution in [1.29, 1.82) is 0 Å². The van der Waals surface area contributed by atoms with Gasteiger partial charge in [-0.25, -0.2) is 0 Å². The lowest BCUT2D eigenvalue weighted by atomic mass is 9.97. The van der Waals surface area contributed by atoms with Gasteiger partial charge in [0.15, 0.2) is 0 Å². The maximum absolute atomic E-state index is 9.50. The molecule has 3 heteroatoms. The fourth-order valence-corrected chi connectivity index (χ4v) is 3.15. The van der Waals surface area contributed by atoms with Gasteiger partial charge < -0.3 is 10.0 Å². The molecule has 1 fully saturated rings. The highest BCUT2D eigenvalue weighted by Gasteiger charge is 2.22. The second-order valence-electron chi connectivity index (χ2n) is 4.82. The molecule has 2 unspecified atom stereocenters. The fraction of sp³-hybridized carbons (Fsp3) is 1.00. The van der Waals surface area contributed by atoms with Crippen LogP contribution in [-0.4, -0.2) is 46.7 Å². The highest BCUT2D eigenvalue weighted by molar-refractivity contribution is 7.99. The highest BCUT2D eigenvalue weighted by atomic mass is 32.2. The van der Waals surface area contributed by atoms with E-state index in [4.69, 9.17) is 0 Å². The minimum absolute atomic E-state index is 0.143. The maximum atomic E-state index is 9.50. The van der Waals surface area contributed by atoms with E-state index in [0.29, 0.717) is 6.04 Å². The number of nitrogens with zero attached hydrogens (tertiary/aromatic N) is 1. The predicted molar refractivity (Wildman–Crippen MR) is 73.1 cm³/mol. The number of piperidine rings is 1. The maximum Gasteiger partial charge on any atom is 0.0527 e. The van der Waals surface area contributed by atoms with Crippen LogP contribution in [0.3, 0.4) is 0 Å². The van der Waals surface area contributed by atoms with Crippen LogP contribution in [0, 0.1) is 0 Å². The molecular weight excluding hydrogens is 218 g/mol. The lowest BCUT2D eigenvalue weighted by Gasteiger charge is -2.36. The Morgan fingerprint density at radius 2 is 2.25 bits per heavy atom. The molecule has 2 atom stereocenters. The van der Waals surface area contributed by atoms with Gasteiger partial charge in [-0.2, -0.15) is 11.8 Å². The SMILES string of the molecule is CCSCCCN1CCCCC1CC(C)O. The van der Waals surface area contributed by atoms with Crippen LogP contribution in [0.15, 0.2) is 0 Å². The molecule has 0 aromatic carbocycles. The van der Waals surface area contributed by atoms with E-state index in [9.17, 15) is 5.11 Å². The molecule has 0 radical (unpaired) electrons. The molecule has 2 nitrogen and oxygen atoms in total. The lowest BCUT2D eigenvalue weighted by Crippen LogP contribution is -2.41. The van der Waals surface area contributed by atoms with Crippen molar-refractivity contribution in [2.24, 2.45) is 0 Å². The monoisotopic (exact) mass is 245 g/mol. The first kappa shape index (κ1) is 14.3. The number of aliphatic hydroxyl groups excluding tert-OH is 1. The summed E-state index contributed by atoms with van der Waals surface area (Å²) in [7, 11) is 0. The van der Waals surface area contributed by atoms with Gasteiger partial charge in [0, 0.05) is 6.04 Å². The van der Waals surface area contributed by atoms with Gasteiger partial charge in [0.1, 0.15) is 0 Å². The summed E-state index contributed by atoms with van der Waals surface area (Å²) in [6, 6.07) is 0.639. The van der Waals surface area contributed by atoms with Gasteiger partial charge in [0.25, 0.3) is 0 Å². The zero-order valence-electron chi connectivity index (χ0n) is 10.8. The van der Waals surface area contributed by atoms with Crippen molar-refractivity contribution in [3.05, 3.63) is 0 Å². The third-order valence-electron chi connectivity index (χ3n) is 3.30. The summed E-state index contributed by atoms with van der Waals surface area (Å²) in [5.41, 5.74) is 0. The van der Waals surface area contributed by atoms with Crippen molar-refractivity contribution < 1.29 is 5.11 Å². The topological polar surface area (TPSA) is 23.5 Å². The van der Waals surface area contributed by atoms with Crippen LogP contribution in [0.1, 0.15) is 46.0 Å². The minimum Gasteiger partial charge on any atom is -0.393 e. The smallest absolute Gasteiger partial charge is 0.0527 e. The zero-order valence-corrected chi connectivity index (χ0v) is 11.6. The van der Waals surface area contributed by atoms with Gasteiger partial charge >= 0.3 is 0 Å². The third-order valence-corrected chi connectivity index (χ3v) is 4.29. The Morgan fingerprint density at radius 3 is 2.94 bits per heavy atom. The normalized spacial score (nSPS) is 24.6. The fourth-order valence-electron chi connectivity index (χ4n) is 2.53. The predicted octanol–water partition coefficient (Wildman–Crippen LogP) is 2.76. The lowest BCUT2D eigenvalue weighted by molar-refractivity contribution is 0.0872. The third kappa shape index (κ3) is 5.55. The van der Waals surface area contributed by atoms with Gasteiger partial charge in [-0.05, 0) is 57.2 Å². The molecule has 1 saturated heterocycles. The number of hydrogen-bond acceptors (Lipinski definition) is 3. The van der Waals surface area contributed by atoms with Crippen molar-refractivity contribution in [1.82, 2.24) is 4.90 Å². The van der Waals surface area contributed by atoms with Gasteiger partial charge in [-0.1, -0.05) is 13.3 Å². The Hall–Kier alpha value is 0.270. The largest absolute Gasteiger partial charge is 0.393 e. The van der Waals surface area contributed by atoms with Crippen LogP contribution in [0.2, 0.25) is 0 Å². The number of aliphatic hydroxyl groups is 1. The van der Waals surface area contributed by atoms with Crippen LogP contribution < -0.4 is 0 Å². The van der Waals surface area contributed by atoms with Crippen molar-refractivity contribution in [2.45, 2.75) is 58.1 Å². The first-order valence-electron chi connectivity index (χ1n) is 6.74. The van der Waals surface area contributed by atoms with Gasteiger partial charge in [-0.3, -0.25) is 0 Å². The standard InChI is InChI=1S/C13H27NOS/c1-3-16-10-6-9-14-8-5-4-7-13(14)11-12(2)15/h12-13,15H,3-11H2,1-2H3. The van der Waals surface area contributed by atoms with E-state index in [2.05, 4.69) is 11.8 Å². The van der Waals surface area contributed by atoms with Crippen molar-refractivity contribution >= 4 is 11.8 Å². The number of hydrogen-bond donors (Lipinski definition) is 1. The Balaban J connectivity index is 2.23. The summed E-state index contributed by atoms with van der Waals surface area (Å²) in [6.07, 6.45) is 6.09. The Kier molecular flexibility index (Phi) is 7.50. The van der Waals surface area contributed by atoms with E-state index in [0.717, 1.165) is 6.42 Å². The summed E-state index contributed by atoms with van der Waals surface area (Å²) >= 11 is 2.04. The first-order valence-corrected chi connectivity index (χ1v) is 7.89. The number of thioether (sulfide) groups is 1. The zero-order chi connectivity index (χ0) is 11.8. The molecule has 0 spiro atoms. The molecule has 1 rings (SSSR count). The van der Waals surface area contributed by atoms with Gasteiger partial charge in [0.05, 0.1) is 6.10 Å². The number of rotatable bonds is 7. The van der Waals surface area contributed by atoms with E-state index in [1.807, 2.05) is 18.7 Å². The first-order chi connectivity index (χ1) is 7.74. The van der Waals surface area contributed by atoms with E-state index in [1.165, 1.54) is 50.3 Å². The molecule has 0 aromatic rings. The van der Waals surface area contributed by atoms with Crippen molar-refractivity contribution in [3.63, 3.8) is 0 Å². The summed E-state index contributed by atoms with van der Waals surface area (Å²) in [4.78, 5) is 2.60. The molecule has 1 N–H and O–H groups in total. The average molecular weight is 245 g/mol. The Labute approximate surface area is 105 Å². The van der Waals surface area contributed by atoms with E-state index >= 15 is 0 Å². The minimum atomic E-state index is -0.143. The van der Waals surface area contributed by atoms with Crippen LogP contribution in [0.25, 0.3) is 0 Å². The molecule has 1 aliphatic heterocycles. The van der Waals surface area contributed by atoms with Crippen LogP contribution >= 0.6 is 11.8 Å². The number of likely N-dealkylation sites (tertiary alicyclic amines) is 1. The van der Waals surface area contributed by atoms with E-state index < -0.39 is 0 Å². The quantitative estimate of drug-likeness (QED) is 0.698. The van der Waals surface area contributed by atoms with Crippen molar-refractivity contribution in [3.8, 4) is 0 Å². The Morgan fingerprint density at radius 1 is 1.44 bits per heavy atom. The molecule has 0 amide bonds. The summed E-state index contributed by atoms with van der Waals surface area (Å²) < 4.78 is 0. The molecular formula is C13H27NOS. The second-order valence-corrected chi connectivity index (χ2v) is 6.21. The molecule has 96 valence electrons. The molecule has 16 heavy (non-hydrogen) atoms. The van der Waals surface area contributed by atoms with E-state index in [1.54, 1.807) is 0 Å². The van der Waals surface area contributed by atoms with E-state index in [-0.39, 0.29) is 6.10 Å². The summed E-state index contributed by atoms with van der Waals surface area (Å²) in [5.74, 6) is 2.52. The molecule has 1 aliphatic rings. The Bertz CT molecular complexity index is 175. The molecule has 1 heterocycles. The van der Waals surface area contributed by atoms with Crippen LogP contribution in [0.5, 0.6) is 0 Å². The molecule has 0 aromatic heterocycles. The van der Waals surface area contributed by atoms with Crippen LogP contribution in [-0.2, 0) is 0 Å². The molecule has 0 saturated carbocycles. The summed E-state index contributed by atoms with van der Waals surface area (Å²) in [6.45, 7) is 6.61. The molecule has 0 bridgehead atoms.